The number of benzene rings is 1. The zero-order chi connectivity index (χ0) is 17.4. The molecule has 0 bridgehead atoms. The fourth-order valence-corrected chi connectivity index (χ4v) is 3.31. The molecule has 1 atom stereocenters. The molecule has 4 rings (SSSR count). The van der Waals surface area contributed by atoms with Crippen LogP contribution in [0.15, 0.2) is 48.8 Å². The highest BCUT2D eigenvalue weighted by molar-refractivity contribution is 5.84. The van der Waals surface area contributed by atoms with E-state index in [-0.39, 0.29) is 17.7 Å². The summed E-state index contributed by atoms with van der Waals surface area (Å²) in [6, 6.07) is 10.1. The fraction of sp³-hybridized carbons (Fsp3) is 0.211. The lowest BCUT2D eigenvalue weighted by atomic mass is 9.93. The van der Waals surface area contributed by atoms with Crippen LogP contribution in [-0.4, -0.2) is 27.3 Å². The standard InChI is InChI=1S/C19H16FN3O2/c1-23-19(14-10-16(24)25-11-14)17(12-6-8-21-9-7-12)18(22-23)13-2-4-15(20)5-3-13/h2-9,14H,10-11H2,1H3/t14-/m1/s1. The topological polar surface area (TPSA) is 57.0 Å². The normalized spacial score (nSPS) is 16.9. The van der Waals surface area contributed by atoms with Gasteiger partial charge in [0.05, 0.1) is 12.1 Å². The molecule has 3 aromatic rings. The second kappa shape index (κ2) is 6.12. The molecule has 0 aliphatic carbocycles. The van der Waals surface area contributed by atoms with Gasteiger partial charge in [0.2, 0.25) is 0 Å². The summed E-state index contributed by atoms with van der Waals surface area (Å²) in [4.78, 5) is 15.7. The van der Waals surface area contributed by atoms with E-state index >= 15 is 0 Å². The number of cyclic esters (lactones) is 1. The van der Waals surface area contributed by atoms with Crippen LogP contribution in [0.25, 0.3) is 22.4 Å². The molecular weight excluding hydrogens is 321 g/mol. The number of carbonyl (C=O) groups excluding carboxylic acids is 1. The van der Waals surface area contributed by atoms with Crippen molar-refractivity contribution >= 4 is 5.97 Å². The molecule has 1 saturated heterocycles. The maximum atomic E-state index is 13.3. The van der Waals surface area contributed by atoms with Crippen LogP contribution >= 0.6 is 0 Å². The molecule has 0 spiro atoms. The number of aromatic nitrogens is 3. The molecule has 6 heteroatoms. The molecule has 0 amide bonds. The van der Waals surface area contributed by atoms with Gasteiger partial charge in [0.15, 0.2) is 0 Å². The van der Waals surface area contributed by atoms with E-state index in [0.29, 0.717) is 13.0 Å². The van der Waals surface area contributed by atoms with Gasteiger partial charge in [0, 0.05) is 36.5 Å². The average molecular weight is 337 g/mol. The second-order valence-corrected chi connectivity index (χ2v) is 6.06. The Balaban J connectivity index is 1.92. The number of pyridine rings is 1. The van der Waals surface area contributed by atoms with E-state index in [9.17, 15) is 9.18 Å². The van der Waals surface area contributed by atoms with Gasteiger partial charge in [-0.25, -0.2) is 4.39 Å². The Morgan fingerprint density at radius 3 is 2.48 bits per heavy atom. The lowest BCUT2D eigenvalue weighted by Gasteiger charge is -2.11. The number of nitrogens with zero attached hydrogens (tertiary/aromatic N) is 3. The van der Waals surface area contributed by atoms with Crippen molar-refractivity contribution in [1.29, 1.82) is 0 Å². The molecule has 1 aliphatic heterocycles. The first-order valence-corrected chi connectivity index (χ1v) is 8.02. The van der Waals surface area contributed by atoms with E-state index in [0.717, 1.165) is 28.1 Å². The van der Waals surface area contributed by atoms with Gasteiger partial charge in [-0.15, -0.1) is 0 Å². The molecule has 25 heavy (non-hydrogen) atoms. The molecule has 0 unspecified atom stereocenters. The Morgan fingerprint density at radius 1 is 1.12 bits per heavy atom. The summed E-state index contributed by atoms with van der Waals surface area (Å²) >= 11 is 0. The summed E-state index contributed by atoms with van der Waals surface area (Å²) < 4.78 is 20.3. The monoisotopic (exact) mass is 337 g/mol. The third-order valence-electron chi connectivity index (χ3n) is 4.42. The van der Waals surface area contributed by atoms with E-state index in [2.05, 4.69) is 10.1 Å². The highest BCUT2D eigenvalue weighted by Gasteiger charge is 2.32. The number of rotatable bonds is 3. The largest absolute Gasteiger partial charge is 0.465 e. The average Bonchev–Trinajstić information content (AvgIpc) is 3.19. The molecule has 0 N–H and O–H groups in total. The van der Waals surface area contributed by atoms with Gasteiger partial charge in [-0.05, 0) is 42.0 Å². The van der Waals surface area contributed by atoms with Crippen molar-refractivity contribution in [3.8, 4) is 22.4 Å². The van der Waals surface area contributed by atoms with E-state index in [4.69, 9.17) is 4.74 Å². The van der Waals surface area contributed by atoms with Crippen LogP contribution in [0.4, 0.5) is 4.39 Å². The summed E-state index contributed by atoms with van der Waals surface area (Å²) in [6.45, 7) is 0.347. The van der Waals surface area contributed by atoms with E-state index in [1.807, 2.05) is 19.2 Å². The molecule has 0 saturated carbocycles. The summed E-state index contributed by atoms with van der Waals surface area (Å²) in [7, 11) is 1.86. The lowest BCUT2D eigenvalue weighted by molar-refractivity contribution is -0.137. The van der Waals surface area contributed by atoms with E-state index in [1.54, 1.807) is 29.2 Å². The van der Waals surface area contributed by atoms with Gasteiger partial charge in [0.1, 0.15) is 18.1 Å². The zero-order valence-electron chi connectivity index (χ0n) is 13.6. The van der Waals surface area contributed by atoms with Crippen LogP contribution < -0.4 is 0 Å². The van der Waals surface area contributed by atoms with Crippen molar-refractivity contribution < 1.29 is 13.9 Å². The molecule has 1 aliphatic rings. The highest BCUT2D eigenvalue weighted by Crippen LogP contribution is 2.40. The van der Waals surface area contributed by atoms with Gasteiger partial charge in [-0.3, -0.25) is 14.5 Å². The second-order valence-electron chi connectivity index (χ2n) is 6.06. The number of carbonyl (C=O) groups is 1. The minimum Gasteiger partial charge on any atom is -0.465 e. The van der Waals surface area contributed by atoms with E-state index < -0.39 is 0 Å². The fourth-order valence-electron chi connectivity index (χ4n) is 3.31. The summed E-state index contributed by atoms with van der Waals surface area (Å²) in [5.74, 6) is -0.544. The number of hydrogen-bond donors (Lipinski definition) is 0. The first-order valence-electron chi connectivity index (χ1n) is 8.02. The predicted octanol–water partition coefficient (Wildman–Crippen LogP) is 3.32. The molecule has 1 aromatic carbocycles. The summed E-state index contributed by atoms with van der Waals surface area (Å²) in [6.07, 6.45) is 3.77. The number of halogens is 1. The van der Waals surface area contributed by atoms with Crippen molar-refractivity contribution in [2.24, 2.45) is 7.05 Å². The molecule has 126 valence electrons. The molecule has 1 fully saturated rings. The quantitative estimate of drug-likeness (QED) is 0.688. The Labute approximate surface area is 144 Å². The molecule has 5 nitrogen and oxygen atoms in total. The number of ether oxygens (including phenoxy) is 1. The molecular formula is C19H16FN3O2. The third-order valence-corrected chi connectivity index (χ3v) is 4.42. The molecule has 0 radical (unpaired) electrons. The minimum atomic E-state index is -0.292. The Morgan fingerprint density at radius 2 is 1.84 bits per heavy atom. The van der Waals surface area contributed by atoms with Crippen molar-refractivity contribution in [1.82, 2.24) is 14.8 Å². The van der Waals surface area contributed by atoms with Crippen LogP contribution in [0.1, 0.15) is 18.0 Å². The van der Waals surface area contributed by atoms with Gasteiger partial charge >= 0.3 is 5.97 Å². The van der Waals surface area contributed by atoms with Crippen LogP contribution in [0.2, 0.25) is 0 Å². The Hall–Kier alpha value is -3.02. The van der Waals surface area contributed by atoms with Gasteiger partial charge in [0.25, 0.3) is 0 Å². The number of esters is 1. The van der Waals surface area contributed by atoms with Crippen LogP contribution in [0.5, 0.6) is 0 Å². The van der Waals surface area contributed by atoms with Crippen molar-refractivity contribution in [3.05, 3.63) is 60.3 Å². The molecule has 3 heterocycles. The van der Waals surface area contributed by atoms with Crippen LogP contribution in [0.3, 0.4) is 0 Å². The third kappa shape index (κ3) is 2.80. The first-order chi connectivity index (χ1) is 12.1. The predicted molar refractivity (Wildman–Crippen MR) is 90.2 cm³/mol. The minimum absolute atomic E-state index is 0.0534. The van der Waals surface area contributed by atoms with Gasteiger partial charge in [-0.1, -0.05) is 0 Å². The maximum Gasteiger partial charge on any atom is 0.306 e. The SMILES string of the molecule is Cn1nc(-c2ccc(F)cc2)c(-c2ccncc2)c1[C@H]1COC(=O)C1. The zero-order valence-corrected chi connectivity index (χ0v) is 13.6. The van der Waals surface area contributed by atoms with Crippen LogP contribution in [0, 0.1) is 5.82 Å². The van der Waals surface area contributed by atoms with Crippen molar-refractivity contribution in [2.75, 3.05) is 6.61 Å². The van der Waals surface area contributed by atoms with Crippen LogP contribution in [-0.2, 0) is 16.6 Å². The summed E-state index contributed by atoms with van der Waals surface area (Å²) in [5.41, 5.74) is 4.40. The first kappa shape index (κ1) is 15.5. The van der Waals surface area contributed by atoms with Crippen molar-refractivity contribution in [3.63, 3.8) is 0 Å². The van der Waals surface area contributed by atoms with E-state index in [1.165, 1.54) is 12.1 Å². The Kier molecular flexibility index (Phi) is 3.80. The number of hydrogen-bond acceptors (Lipinski definition) is 4. The molecule has 2 aromatic heterocycles. The highest BCUT2D eigenvalue weighted by atomic mass is 19.1. The lowest BCUT2D eigenvalue weighted by Crippen LogP contribution is -2.07. The summed E-state index contributed by atoms with van der Waals surface area (Å²) in [5, 5.41) is 4.66. The van der Waals surface area contributed by atoms with Gasteiger partial charge < -0.3 is 4.74 Å². The Bertz CT molecular complexity index is 920. The van der Waals surface area contributed by atoms with Crippen molar-refractivity contribution in [2.45, 2.75) is 12.3 Å². The number of aryl methyl sites for hydroxylation is 1. The van der Waals surface area contributed by atoms with Gasteiger partial charge in [-0.2, -0.15) is 5.10 Å². The maximum absolute atomic E-state index is 13.3. The smallest absolute Gasteiger partial charge is 0.306 e.